The smallest absolute Gasteiger partial charge is 0.113 e. The first-order valence-corrected chi connectivity index (χ1v) is 7.75. The van der Waals surface area contributed by atoms with Crippen LogP contribution in [0.5, 0.6) is 0 Å². The number of fused-ring (bicyclic) bond motifs is 1. The molecule has 0 amide bonds. The Morgan fingerprint density at radius 1 is 1.35 bits per heavy atom. The van der Waals surface area contributed by atoms with Gasteiger partial charge < -0.3 is 5.32 Å². The summed E-state index contributed by atoms with van der Waals surface area (Å²) in [6, 6.07) is 0. The second-order valence-corrected chi connectivity index (χ2v) is 6.12. The van der Waals surface area contributed by atoms with Crippen molar-refractivity contribution < 1.29 is 0 Å². The zero-order chi connectivity index (χ0) is 12.3. The summed E-state index contributed by atoms with van der Waals surface area (Å²) in [7, 11) is 2.09. The van der Waals surface area contributed by atoms with E-state index in [1.165, 1.54) is 49.2 Å². The molecule has 1 aliphatic carbocycles. The molecule has 1 aliphatic rings. The zero-order valence-electron chi connectivity index (χ0n) is 11.3. The highest BCUT2D eigenvalue weighted by Gasteiger charge is 2.33. The molecule has 1 aromatic rings. The summed E-state index contributed by atoms with van der Waals surface area (Å²) in [5.74, 6) is 0. The fourth-order valence-electron chi connectivity index (χ4n) is 2.72. The van der Waals surface area contributed by atoms with E-state index in [0.717, 1.165) is 6.42 Å². The average molecular weight is 252 g/mol. The van der Waals surface area contributed by atoms with Crippen molar-refractivity contribution in [2.45, 2.75) is 64.3 Å². The van der Waals surface area contributed by atoms with Crippen LogP contribution in [0.4, 0.5) is 0 Å². The van der Waals surface area contributed by atoms with Crippen molar-refractivity contribution in [2.24, 2.45) is 0 Å². The Labute approximate surface area is 109 Å². The molecule has 1 aromatic heterocycles. The largest absolute Gasteiger partial charge is 0.308 e. The van der Waals surface area contributed by atoms with E-state index in [4.69, 9.17) is 4.98 Å². The predicted octanol–water partition coefficient (Wildman–Crippen LogP) is 3.65. The lowest BCUT2D eigenvalue weighted by molar-refractivity contribution is 0.309. The van der Waals surface area contributed by atoms with Crippen LogP contribution in [0.1, 0.15) is 61.5 Å². The Kier molecular flexibility index (Phi) is 4.21. The van der Waals surface area contributed by atoms with E-state index in [2.05, 4.69) is 26.2 Å². The van der Waals surface area contributed by atoms with E-state index in [-0.39, 0.29) is 5.54 Å². The van der Waals surface area contributed by atoms with Crippen LogP contribution in [0.25, 0.3) is 0 Å². The molecule has 1 unspecified atom stereocenters. The van der Waals surface area contributed by atoms with Gasteiger partial charge in [-0.1, -0.05) is 26.7 Å². The van der Waals surface area contributed by atoms with Gasteiger partial charge in [0.2, 0.25) is 0 Å². The fourth-order valence-corrected chi connectivity index (χ4v) is 4.16. The Morgan fingerprint density at radius 2 is 2.18 bits per heavy atom. The number of rotatable bonds is 6. The number of nitrogens with one attached hydrogen (secondary N) is 1. The van der Waals surface area contributed by atoms with Crippen molar-refractivity contribution >= 4 is 11.3 Å². The van der Waals surface area contributed by atoms with E-state index < -0.39 is 0 Å². The summed E-state index contributed by atoms with van der Waals surface area (Å²) in [5, 5.41) is 4.89. The van der Waals surface area contributed by atoms with Crippen molar-refractivity contribution in [1.29, 1.82) is 0 Å². The van der Waals surface area contributed by atoms with Gasteiger partial charge in [0.25, 0.3) is 0 Å². The van der Waals surface area contributed by atoms with Gasteiger partial charge in [-0.25, -0.2) is 4.98 Å². The molecule has 0 bridgehead atoms. The molecular formula is C14H24N2S. The van der Waals surface area contributed by atoms with Crippen LogP contribution in [0.2, 0.25) is 0 Å². The van der Waals surface area contributed by atoms with Gasteiger partial charge in [-0.15, -0.1) is 11.3 Å². The van der Waals surface area contributed by atoms with Gasteiger partial charge in [0, 0.05) is 4.88 Å². The Morgan fingerprint density at radius 3 is 2.76 bits per heavy atom. The third-order valence-electron chi connectivity index (χ3n) is 4.04. The van der Waals surface area contributed by atoms with Crippen LogP contribution in [-0.2, 0) is 18.4 Å². The highest BCUT2D eigenvalue weighted by molar-refractivity contribution is 7.12. The van der Waals surface area contributed by atoms with Crippen LogP contribution in [-0.4, -0.2) is 12.0 Å². The molecular weight excluding hydrogens is 228 g/mol. The lowest BCUT2D eigenvalue weighted by Gasteiger charge is -2.30. The minimum atomic E-state index is 0.130. The summed E-state index contributed by atoms with van der Waals surface area (Å²) in [5.41, 5.74) is 1.51. The normalized spacial score (nSPS) is 18.1. The fraction of sp³-hybridized carbons (Fsp3) is 0.786. The molecule has 0 saturated carbocycles. The first kappa shape index (κ1) is 13.0. The van der Waals surface area contributed by atoms with Crippen molar-refractivity contribution in [3.8, 4) is 0 Å². The van der Waals surface area contributed by atoms with Gasteiger partial charge in [-0.3, -0.25) is 0 Å². The van der Waals surface area contributed by atoms with Crippen molar-refractivity contribution in [2.75, 3.05) is 7.05 Å². The van der Waals surface area contributed by atoms with E-state index in [1.807, 2.05) is 11.3 Å². The van der Waals surface area contributed by atoms with Gasteiger partial charge in [0.05, 0.1) is 11.2 Å². The molecule has 1 heterocycles. The Bertz CT molecular complexity index is 345. The molecule has 0 saturated heterocycles. The van der Waals surface area contributed by atoms with Crippen LogP contribution in [0.3, 0.4) is 0 Å². The number of aryl methyl sites for hydroxylation is 2. The second kappa shape index (κ2) is 5.49. The number of nitrogens with zero attached hydrogens (tertiary/aromatic N) is 1. The molecule has 17 heavy (non-hydrogen) atoms. The third-order valence-corrected chi connectivity index (χ3v) is 5.41. The molecule has 1 atom stereocenters. The van der Waals surface area contributed by atoms with Gasteiger partial charge in [-0.2, -0.15) is 0 Å². The maximum absolute atomic E-state index is 4.91. The van der Waals surface area contributed by atoms with E-state index >= 15 is 0 Å². The first-order chi connectivity index (χ1) is 8.25. The lowest BCUT2D eigenvalue weighted by Crippen LogP contribution is -2.39. The maximum Gasteiger partial charge on any atom is 0.113 e. The van der Waals surface area contributed by atoms with Crippen molar-refractivity contribution in [3.63, 3.8) is 0 Å². The lowest BCUT2D eigenvalue weighted by atomic mass is 9.90. The minimum absolute atomic E-state index is 0.130. The monoisotopic (exact) mass is 252 g/mol. The zero-order valence-corrected chi connectivity index (χ0v) is 12.1. The molecule has 0 fully saturated rings. The average Bonchev–Trinajstić information content (AvgIpc) is 2.92. The van der Waals surface area contributed by atoms with Crippen molar-refractivity contribution in [1.82, 2.24) is 10.3 Å². The highest BCUT2D eigenvalue weighted by Crippen LogP contribution is 2.37. The van der Waals surface area contributed by atoms with Crippen LogP contribution in [0, 0.1) is 0 Å². The van der Waals surface area contributed by atoms with Crippen LogP contribution in [0.15, 0.2) is 0 Å². The first-order valence-electron chi connectivity index (χ1n) is 6.93. The molecule has 1 N–H and O–H groups in total. The summed E-state index contributed by atoms with van der Waals surface area (Å²) in [6.07, 6.45) is 8.64. The van der Waals surface area contributed by atoms with Crippen LogP contribution >= 0.6 is 11.3 Å². The Hall–Kier alpha value is -0.410. The third kappa shape index (κ3) is 2.41. The Balaban J connectivity index is 2.24. The molecule has 0 aliphatic heterocycles. The molecule has 0 aromatic carbocycles. The number of hydrogen-bond donors (Lipinski definition) is 1. The summed E-state index contributed by atoms with van der Waals surface area (Å²) >= 11 is 1.95. The predicted molar refractivity (Wildman–Crippen MR) is 74.7 cm³/mol. The topological polar surface area (TPSA) is 24.9 Å². The molecule has 0 spiro atoms. The van der Waals surface area contributed by atoms with Gasteiger partial charge in [-0.05, 0) is 39.2 Å². The second-order valence-electron chi connectivity index (χ2n) is 5.03. The quantitative estimate of drug-likeness (QED) is 0.836. The summed E-state index contributed by atoms with van der Waals surface area (Å²) in [6.45, 7) is 4.54. The highest BCUT2D eigenvalue weighted by atomic mass is 32.1. The van der Waals surface area contributed by atoms with E-state index in [9.17, 15) is 0 Å². The van der Waals surface area contributed by atoms with Crippen LogP contribution < -0.4 is 5.32 Å². The number of hydrogen-bond acceptors (Lipinski definition) is 3. The summed E-state index contributed by atoms with van der Waals surface area (Å²) < 4.78 is 0. The van der Waals surface area contributed by atoms with Crippen molar-refractivity contribution in [3.05, 3.63) is 15.6 Å². The molecule has 2 nitrogen and oxygen atoms in total. The van der Waals surface area contributed by atoms with E-state index in [1.54, 1.807) is 4.88 Å². The number of unbranched alkanes of at least 4 members (excludes halogenated alkanes) is 1. The minimum Gasteiger partial charge on any atom is -0.308 e. The molecule has 96 valence electrons. The van der Waals surface area contributed by atoms with Gasteiger partial charge in [0.1, 0.15) is 5.01 Å². The molecule has 2 rings (SSSR count). The van der Waals surface area contributed by atoms with E-state index in [0.29, 0.717) is 0 Å². The van der Waals surface area contributed by atoms with Gasteiger partial charge >= 0.3 is 0 Å². The standard InChI is InChI=1S/C14H24N2S/c1-4-6-10-14(5-2,15-3)13-16-11-8-7-9-12(11)17-13/h15H,4-10H2,1-3H3. The summed E-state index contributed by atoms with van der Waals surface area (Å²) in [4.78, 5) is 6.46. The number of thiazole rings is 1. The molecule has 3 heteroatoms. The molecule has 0 radical (unpaired) electrons. The maximum atomic E-state index is 4.91. The SMILES string of the molecule is CCCCC(CC)(NC)c1nc2c(s1)CCC2. The number of aromatic nitrogens is 1. The van der Waals surface area contributed by atoms with Gasteiger partial charge in [0.15, 0.2) is 0 Å².